The molecular formula is C10H12FN3. The van der Waals surface area contributed by atoms with E-state index >= 15 is 0 Å². The second kappa shape index (κ2) is 4.50. The van der Waals surface area contributed by atoms with Crippen LogP contribution in [-0.2, 0) is 0 Å². The van der Waals surface area contributed by atoms with Crippen molar-refractivity contribution >= 4 is 12.7 Å². The third kappa shape index (κ3) is 2.39. The fourth-order valence-electron chi connectivity index (χ4n) is 0.988. The molecule has 0 aliphatic rings. The summed E-state index contributed by atoms with van der Waals surface area (Å²) in [6.07, 6.45) is 6.34. The molecule has 1 rings (SSSR count). The summed E-state index contributed by atoms with van der Waals surface area (Å²) in [7, 11) is 1.32. The predicted octanol–water partition coefficient (Wildman–Crippen LogP) is 0.387. The summed E-state index contributed by atoms with van der Waals surface area (Å²) in [5.41, 5.74) is 0.426. The van der Waals surface area contributed by atoms with Gasteiger partial charge in [0.05, 0.1) is 16.4 Å². The second-order valence-electron chi connectivity index (χ2n) is 2.72. The topological polar surface area (TPSA) is 29.0 Å². The monoisotopic (exact) mass is 193 g/mol. The summed E-state index contributed by atoms with van der Waals surface area (Å²) in [6, 6.07) is 0. The number of rotatable bonds is 2. The average molecular weight is 193 g/mol. The standard InChI is InChI=1S/C10H12FN3/c1-4-9(14(3)11)7-10-8(2)12-5-6-13-10/h4-7H,2H2,1,3H3/b9-4+,10-7+. The summed E-state index contributed by atoms with van der Waals surface area (Å²) in [4.78, 5) is 7.99. The maximum Gasteiger partial charge on any atom is 0.0902 e. The zero-order chi connectivity index (χ0) is 10.6. The first-order chi connectivity index (χ1) is 6.65. The van der Waals surface area contributed by atoms with E-state index in [1.54, 1.807) is 31.5 Å². The van der Waals surface area contributed by atoms with Gasteiger partial charge in [0, 0.05) is 19.4 Å². The van der Waals surface area contributed by atoms with E-state index in [0.717, 1.165) is 0 Å². The summed E-state index contributed by atoms with van der Waals surface area (Å²) in [5, 5.41) is 1.63. The minimum atomic E-state index is 0.426. The normalized spacial score (nSPS) is 13.1. The molecule has 14 heavy (non-hydrogen) atoms. The van der Waals surface area contributed by atoms with E-state index in [-0.39, 0.29) is 0 Å². The largest absolute Gasteiger partial charge is 0.254 e. The third-order valence-corrected chi connectivity index (χ3v) is 1.74. The van der Waals surface area contributed by atoms with Gasteiger partial charge in [0.1, 0.15) is 0 Å². The van der Waals surface area contributed by atoms with Crippen LogP contribution in [0.25, 0.3) is 12.7 Å². The summed E-state index contributed by atoms with van der Waals surface area (Å²) in [5.74, 6) is 0. The van der Waals surface area contributed by atoms with Gasteiger partial charge in [-0.1, -0.05) is 12.7 Å². The number of halogens is 1. The van der Waals surface area contributed by atoms with Gasteiger partial charge < -0.3 is 0 Å². The van der Waals surface area contributed by atoms with Gasteiger partial charge in [-0.25, -0.2) is 5.12 Å². The van der Waals surface area contributed by atoms with Crippen molar-refractivity contribution in [3.63, 3.8) is 0 Å². The van der Waals surface area contributed by atoms with E-state index in [1.807, 2.05) is 0 Å². The molecule has 0 bridgehead atoms. The molecule has 74 valence electrons. The highest BCUT2D eigenvalue weighted by Crippen LogP contribution is 2.01. The lowest BCUT2D eigenvalue weighted by molar-refractivity contribution is 0.117. The van der Waals surface area contributed by atoms with Crippen LogP contribution in [0.1, 0.15) is 6.92 Å². The van der Waals surface area contributed by atoms with E-state index in [1.165, 1.54) is 7.05 Å². The fourth-order valence-corrected chi connectivity index (χ4v) is 0.988. The zero-order valence-electron chi connectivity index (χ0n) is 8.24. The van der Waals surface area contributed by atoms with Gasteiger partial charge in [0.15, 0.2) is 0 Å². The predicted molar refractivity (Wildman–Crippen MR) is 53.9 cm³/mol. The minimum absolute atomic E-state index is 0.426. The highest BCUT2D eigenvalue weighted by molar-refractivity contribution is 5.42. The quantitative estimate of drug-likeness (QED) is 0.636. The van der Waals surface area contributed by atoms with Crippen LogP contribution in [-0.4, -0.2) is 22.1 Å². The first kappa shape index (κ1) is 10.4. The number of hydrogen-bond acceptors (Lipinski definition) is 3. The molecule has 0 saturated heterocycles. The van der Waals surface area contributed by atoms with Crippen LogP contribution < -0.4 is 10.7 Å². The Morgan fingerprint density at radius 1 is 1.50 bits per heavy atom. The molecule has 4 heteroatoms. The van der Waals surface area contributed by atoms with E-state index in [0.29, 0.717) is 21.5 Å². The van der Waals surface area contributed by atoms with Crippen molar-refractivity contribution < 1.29 is 4.48 Å². The second-order valence-corrected chi connectivity index (χ2v) is 2.72. The van der Waals surface area contributed by atoms with Gasteiger partial charge in [0.2, 0.25) is 0 Å². The van der Waals surface area contributed by atoms with Crippen molar-refractivity contribution in [1.29, 1.82) is 0 Å². The van der Waals surface area contributed by atoms with Crippen molar-refractivity contribution in [3.05, 3.63) is 34.9 Å². The maximum atomic E-state index is 12.8. The lowest BCUT2D eigenvalue weighted by Gasteiger charge is -2.06. The van der Waals surface area contributed by atoms with Crippen molar-refractivity contribution in [2.75, 3.05) is 7.05 Å². The SMILES string of the molecule is C=c1nccn/c1=C/C(=C\C)N(C)F. The van der Waals surface area contributed by atoms with Crippen LogP contribution in [0.15, 0.2) is 24.2 Å². The number of nitrogens with zero attached hydrogens (tertiary/aromatic N) is 3. The average Bonchev–Trinajstić information content (AvgIpc) is 2.16. The van der Waals surface area contributed by atoms with Gasteiger partial charge in [-0.05, 0) is 13.0 Å². The van der Waals surface area contributed by atoms with Crippen LogP contribution >= 0.6 is 0 Å². The molecule has 0 spiro atoms. The Morgan fingerprint density at radius 3 is 2.64 bits per heavy atom. The van der Waals surface area contributed by atoms with E-state index < -0.39 is 0 Å². The molecule has 0 aromatic carbocycles. The van der Waals surface area contributed by atoms with E-state index in [9.17, 15) is 4.48 Å². The zero-order valence-corrected chi connectivity index (χ0v) is 8.24. The first-order valence-corrected chi connectivity index (χ1v) is 4.18. The number of aromatic nitrogens is 2. The molecule has 0 fully saturated rings. The highest BCUT2D eigenvalue weighted by atomic mass is 19.2. The van der Waals surface area contributed by atoms with Gasteiger partial charge in [-0.15, -0.1) is 4.48 Å². The Bertz CT molecular complexity index is 437. The van der Waals surface area contributed by atoms with Crippen molar-refractivity contribution in [1.82, 2.24) is 15.1 Å². The smallest absolute Gasteiger partial charge is 0.0902 e. The summed E-state index contributed by atoms with van der Waals surface area (Å²) >= 11 is 0. The number of hydrogen-bond donors (Lipinski definition) is 0. The molecule has 0 radical (unpaired) electrons. The fraction of sp³-hybridized carbons (Fsp3) is 0.200. The Hall–Kier alpha value is -1.71. The first-order valence-electron chi connectivity index (χ1n) is 4.18. The van der Waals surface area contributed by atoms with Crippen LogP contribution in [0.2, 0.25) is 0 Å². The Morgan fingerprint density at radius 2 is 2.14 bits per heavy atom. The molecule has 3 nitrogen and oxygen atoms in total. The molecule has 1 heterocycles. The Labute approximate surface area is 81.9 Å². The van der Waals surface area contributed by atoms with Gasteiger partial charge in [0.25, 0.3) is 0 Å². The van der Waals surface area contributed by atoms with Crippen LogP contribution in [0.4, 0.5) is 4.48 Å². The Kier molecular flexibility index (Phi) is 3.34. The van der Waals surface area contributed by atoms with Gasteiger partial charge in [-0.3, -0.25) is 9.97 Å². The van der Waals surface area contributed by atoms with E-state index in [2.05, 4.69) is 16.5 Å². The minimum Gasteiger partial charge on any atom is -0.254 e. The molecular weight excluding hydrogens is 181 g/mol. The molecule has 0 aliphatic carbocycles. The Balaban J connectivity index is 3.23. The lowest BCUT2D eigenvalue weighted by Crippen LogP contribution is -2.30. The molecule has 1 aromatic rings. The van der Waals surface area contributed by atoms with Crippen molar-refractivity contribution in [2.45, 2.75) is 6.92 Å². The molecule has 1 aromatic heterocycles. The molecule has 0 N–H and O–H groups in total. The maximum absolute atomic E-state index is 12.8. The van der Waals surface area contributed by atoms with E-state index in [4.69, 9.17) is 0 Å². The highest BCUT2D eigenvalue weighted by Gasteiger charge is 1.97. The van der Waals surface area contributed by atoms with Crippen molar-refractivity contribution in [3.8, 4) is 0 Å². The molecule has 0 atom stereocenters. The molecule has 0 saturated carbocycles. The molecule has 0 unspecified atom stereocenters. The van der Waals surface area contributed by atoms with Crippen molar-refractivity contribution in [2.24, 2.45) is 0 Å². The van der Waals surface area contributed by atoms with Crippen LogP contribution in [0.5, 0.6) is 0 Å². The summed E-state index contributed by atoms with van der Waals surface area (Å²) in [6.45, 7) is 5.45. The summed E-state index contributed by atoms with van der Waals surface area (Å²) < 4.78 is 12.8. The number of allylic oxidation sites excluding steroid dienone is 2. The van der Waals surface area contributed by atoms with Gasteiger partial charge >= 0.3 is 0 Å². The van der Waals surface area contributed by atoms with Crippen LogP contribution in [0, 0.1) is 0 Å². The lowest BCUT2D eigenvalue weighted by atomic mass is 10.3. The van der Waals surface area contributed by atoms with Crippen LogP contribution in [0.3, 0.4) is 0 Å². The van der Waals surface area contributed by atoms with Gasteiger partial charge in [-0.2, -0.15) is 0 Å². The third-order valence-electron chi connectivity index (χ3n) is 1.74. The molecule has 0 aliphatic heterocycles. The molecule has 0 amide bonds.